The van der Waals surface area contributed by atoms with E-state index in [9.17, 15) is 0 Å². The van der Waals surface area contributed by atoms with Crippen LogP contribution in [0.4, 0.5) is 0 Å². The Kier molecular flexibility index (Phi) is 3.13. The fourth-order valence-electron chi connectivity index (χ4n) is 3.15. The second kappa shape index (κ2) is 4.77. The van der Waals surface area contributed by atoms with Gasteiger partial charge >= 0.3 is 0 Å². The van der Waals surface area contributed by atoms with Crippen molar-refractivity contribution in [1.29, 1.82) is 0 Å². The Balaban J connectivity index is 2.04. The van der Waals surface area contributed by atoms with Crippen molar-refractivity contribution in [3.05, 3.63) is 35.5 Å². The van der Waals surface area contributed by atoms with Crippen LogP contribution in [0.2, 0.25) is 0 Å². The highest BCUT2D eigenvalue weighted by Crippen LogP contribution is 2.30. The highest BCUT2D eigenvalue weighted by Gasteiger charge is 2.19. The van der Waals surface area contributed by atoms with Gasteiger partial charge in [0.05, 0.1) is 0 Å². The number of fused-ring (bicyclic) bond motifs is 1. The third-order valence-corrected chi connectivity index (χ3v) is 4.31. The number of piperidine rings is 1. The number of hydrogen-bond donors (Lipinski definition) is 1. The molecule has 1 aliphatic rings. The number of nitrogens with one attached hydrogen (secondary N) is 1. The van der Waals surface area contributed by atoms with Crippen LogP contribution in [0.5, 0.6) is 0 Å². The smallest absolute Gasteiger partial charge is 0.0480 e. The lowest BCUT2D eigenvalue weighted by atomic mass is 9.94. The van der Waals surface area contributed by atoms with E-state index >= 15 is 0 Å². The Labute approximate surface area is 109 Å². The minimum Gasteiger partial charge on any atom is -0.347 e. The first-order valence-corrected chi connectivity index (χ1v) is 7.08. The molecule has 1 aromatic heterocycles. The number of aromatic nitrogens is 1. The maximum absolute atomic E-state index is 3.45. The van der Waals surface area contributed by atoms with Crippen LogP contribution in [0, 0.1) is 0 Å². The molecule has 0 spiro atoms. The lowest BCUT2D eigenvalue weighted by Gasteiger charge is -2.23. The second-order valence-electron chi connectivity index (χ2n) is 5.40. The summed E-state index contributed by atoms with van der Waals surface area (Å²) < 4.78 is 2.39. The van der Waals surface area contributed by atoms with E-state index in [2.05, 4.69) is 48.1 Å². The quantitative estimate of drug-likeness (QED) is 0.855. The third-order valence-electron chi connectivity index (χ3n) is 4.31. The van der Waals surface area contributed by atoms with Crippen LogP contribution in [0.3, 0.4) is 0 Å². The molecule has 1 aromatic carbocycles. The van der Waals surface area contributed by atoms with Gasteiger partial charge < -0.3 is 9.88 Å². The van der Waals surface area contributed by atoms with E-state index in [0.717, 1.165) is 25.4 Å². The zero-order valence-corrected chi connectivity index (χ0v) is 11.4. The van der Waals surface area contributed by atoms with Crippen molar-refractivity contribution in [3.8, 4) is 0 Å². The minimum atomic E-state index is 0.730. The molecule has 0 radical (unpaired) electrons. The molecule has 0 aliphatic carbocycles. The standard InChI is InChI=1S/C16H22N2/c1-3-12-4-5-15-14(10-12)11-16(18(15)2)13-6-8-17-9-7-13/h4-5,10-11,13,17H,3,6-9H2,1-2H3. The maximum Gasteiger partial charge on any atom is 0.0480 e. The van der Waals surface area contributed by atoms with E-state index in [1.165, 1.54) is 35.0 Å². The van der Waals surface area contributed by atoms with E-state index < -0.39 is 0 Å². The third kappa shape index (κ3) is 1.95. The van der Waals surface area contributed by atoms with Gasteiger partial charge in [0.15, 0.2) is 0 Å². The van der Waals surface area contributed by atoms with Gasteiger partial charge in [0, 0.05) is 29.6 Å². The number of hydrogen-bond acceptors (Lipinski definition) is 1. The normalized spacial score (nSPS) is 17.4. The number of benzene rings is 1. The molecule has 2 aromatic rings. The number of rotatable bonds is 2. The van der Waals surface area contributed by atoms with Crippen LogP contribution < -0.4 is 5.32 Å². The van der Waals surface area contributed by atoms with Crippen molar-refractivity contribution in [2.45, 2.75) is 32.1 Å². The summed E-state index contributed by atoms with van der Waals surface area (Å²) >= 11 is 0. The highest BCUT2D eigenvalue weighted by atomic mass is 15.0. The molecule has 0 bridgehead atoms. The molecular weight excluding hydrogens is 220 g/mol. The SMILES string of the molecule is CCc1ccc2c(c1)cc(C1CCNCC1)n2C. The summed E-state index contributed by atoms with van der Waals surface area (Å²) in [6, 6.07) is 9.29. The van der Waals surface area contributed by atoms with Crippen LogP contribution in [0.25, 0.3) is 10.9 Å². The van der Waals surface area contributed by atoms with Crippen LogP contribution in [-0.2, 0) is 13.5 Å². The molecule has 96 valence electrons. The van der Waals surface area contributed by atoms with Crippen LogP contribution in [0.15, 0.2) is 24.3 Å². The Hall–Kier alpha value is -1.28. The van der Waals surface area contributed by atoms with E-state index in [1.807, 2.05) is 0 Å². The zero-order valence-electron chi connectivity index (χ0n) is 11.4. The zero-order chi connectivity index (χ0) is 12.5. The Morgan fingerprint density at radius 3 is 2.72 bits per heavy atom. The first-order chi connectivity index (χ1) is 8.79. The van der Waals surface area contributed by atoms with Crippen molar-refractivity contribution < 1.29 is 0 Å². The van der Waals surface area contributed by atoms with Gasteiger partial charge in [-0.25, -0.2) is 0 Å². The lowest BCUT2D eigenvalue weighted by Crippen LogP contribution is -2.27. The molecule has 2 heterocycles. The number of nitrogens with zero attached hydrogens (tertiary/aromatic N) is 1. The van der Waals surface area contributed by atoms with Gasteiger partial charge in [-0.2, -0.15) is 0 Å². The largest absolute Gasteiger partial charge is 0.347 e. The van der Waals surface area contributed by atoms with Crippen molar-refractivity contribution in [2.75, 3.05) is 13.1 Å². The van der Waals surface area contributed by atoms with Gasteiger partial charge in [0.1, 0.15) is 0 Å². The number of aryl methyl sites for hydroxylation is 2. The lowest BCUT2D eigenvalue weighted by molar-refractivity contribution is 0.447. The van der Waals surface area contributed by atoms with Crippen molar-refractivity contribution >= 4 is 10.9 Å². The fourth-order valence-corrected chi connectivity index (χ4v) is 3.15. The van der Waals surface area contributed by atoms with E-state index in [0.29, 0.717) is 0 Å². The van der Waals surface area contributed by atoms with Crippen LogP contribution in [0.1, 0.15) is 36.9 Å². The molecular formula is C16H22N2. The first-order valence-electron chi connectivity index (χ1n) is 7.08. The van der Waals surface area contributed by atoms with Gasteiger partial charge in [-0.15, -0.1) is 0 Å². The Morgan fingerprint density at radius 2 is 2.00 bits per heavy atom. The topological polar surface area (TPSA) is 17.0 Å². The van der Waals surface area contributed by atoms with Crippen molar-refractivity contribution in [1.82, 2.24) is 9.88 Å². The molecule has 2 nitrogen and oxygen atoms in total. The minimum absolute atomic E-state index is 0.730. The van der Waals surface area contributed by atoms with Gasteiger partial charge in [0.2, 0.25) is 0 Å². The molecule has 1 aliphatic heterocycles. The van der Waals surface area contributed by atoms with Gasteiger partial charge in [-0.3, -0.25) is 0 Å². The predicted molar refractivity (Wildman–Crippen MR) is 77.1 cm³/mol. The summed E-state index contributed by atoms with van der Waals surface area (Å²) in [5.74, 6) is 0.730. The Bertz CT molecular complexity index is 547. The summed E-state index contributed by atoms with van der Waals surface area (Å²) in [5, 5.41) is 4.85. The first kappa shape index (κ1) is 11.8. The highest BCUT2D eigenvalue weighted by molar-refractivity contribution is 5.82. The Morgan fingerprint density at radius 1 is 1.22 bits per heavy atom. The molecule has 0 unspecified atom stereocenters. The van der Waals surface area contributed by atoms with Gasteiger partial charge in [-0.1, -0.05) is 13.0 Å². The fraction of sp³-hybridized carbons (Fsp3) is 0.500. The van der Waals surface area contributed by atoms with Crippen molar-refractivity contribution in [2.24, 2.45) is 7.05 Å². The molecule has 0 atom stereocenters. The van der Waals surface area contributed by atoms with Crippen LogP contribution in [-0.4, -0.2) is 17.7 Å². The molecule has 1 fully saturated rings. The van der Waals surface area contributed by atoms with Crippen LogP contribution >= 0.6 is 0 Å². The molecule has 18 heavy (non-hydrogen) atoms. The monoisotopic (exact) mass is 242 g/mol. The second-order valence-corrected chi connectivity index (χ2v) is 5.40. The summed E-state index contributed by atoms with van der Waals surface area (Å²) in [5.41, 5.74) is 4.32. The molecule has 1 N–H and O–H groups in total. The molecule has 0 saturated carbocycles. The molecule has 0 amide bonds. The van der Waals surface area contributed by atoms with E-state index in [4.69, 9.17) is 0 Å². The van der Waals surface area contributed by atoms with Crippen molar-refractivity contribution in [3.63, 3.8) is 0 Å². The van der Waals surface area contributed by atoms with Gasteiger partial charge in [-0.05, 0) is 56.1 Å². The molecule has 1 saturated heterocycles. The summed E-state index contributed by atoms with van der Waals surface area (Å²) in [6.45, 7) is 4.54. The average Bonchev–Trinajstić information content (AvgIpc) is 2.76. The average molecular weight is 242 g/mol. The maximum atomic E-state index is 3.45. The molecule has 2 heteroatoms. The summed E-state index contributed by atoms with van der Waals surface area (Å²) in [6.07, 6.45) is 3.66. The van der Waals surface area contributed by atoms with Gasteiger partial charge in [0.25, 0.3) is 0 Å². The predicted octanol–water partition coefficient (Wildman–Crippen LogP) is 3.21. The van der Waals surface area contributed by atoms with E-state index in [-0.39, 0.29) is 0 Å². The summed E-state index contributed by atoms with van der Waals surface area (Å²) in [7, 11) is 2.21. The molecule has 3 rings (SSSR count). The summed E-state index contributed by atoms with van der Waals surface area (Å²) in [4.78, 5) is 0. The van der Waals surface area contributed by atoms with E-state index in [1.54, 1.807) is 0 Å².